The first-order valence-corrected chi connectivity index (χ1v) is 6.67. The molecule has 2 nitrogen and oxygen atoms in total. The van der Waals surface area contributed by atoms with Crippen LogP contribution >= 0.6 is 0 Å². The van der Waals surface area contributed by atoms with Gasteiger partial charge >= 0.3 is 0 Å². The molecule has 1 aromatic carbocycles. The number of ether oxygens (including phenoxy) is 1. The van der Waals surface area contributed by atoms with E-state index in [1.807, 2.05) is 18.2 Å². The highest BCUT2D eigenvalue weighted by molar-refractivity contribution is 5.20. The normalized spacial score (nSPS) is 25.3. The lowest BCUT2D eigenvalue weighted by atomic mass is 9.85. The fourth-order valence-corrected chi connectivity index (χ4v) is 2.42. The van der Waals surface area contributed by atoms with E-state index in [1.54, 1.807) is 0 Å². The van der Waals surface area contributed by atoms with Gasteiger partial charge in [0.05, 0.1) is 18.8 Å². The summed E-state index contributed by atoms with van der Waals surface area (Å²) >= 11 is 0. The number of hydrogen-bond donors (Lipinski definition) is 1. The summed E-state index contributed by atoms with van der Waals surface area (Å²) in [4.78, 5) is 0. The molecule has 0 bridgehead atoms. The van der Waals surface area contributed by atoms with Crippen molar-refractivity contribution in [3.63, 3.8) is 0 Å². The molecule has 0 aromatic heterocycles. The van der Waals surface area contributed by atoms with Crippen molar-refractivity contribution < 1.29 is 9.84 Å². The van der Waals surface area contributed by atoms with Crippen molar-refractivity contribution in [2.45, 2.75) is 44.8 Å². The molecule has 1 fully saturated rings. The summed E-state index contributed by atoms with van der Waals surface area (Å²) in [6.07, 6.45) is 4.34. The van der Waals surface area contributed by atoms with E-state index in [9.17, 15) is 5.11 Å². The minimum absolute atomic E-state index is 0.104. The number of rotatable bonds is 6. The zero-order chi connectivity index (χ0) is 12.1. The second-order valence-electron chi connectivity index (χ2n) is 4.89. The van der Waals surface area contributed by atoms with Gasteiger partial charge in [0.15, 0.2) is 0 Å². The minimum atomic E-state index is -0.208. The van der Waals surface area contributed by atoms with Crippen LogP contribution in [-0.2, 0) is 4.74 Å². The van der Waals surface area contributed by atoms with Gasteiger partial charge in [-0.3, -0.25) is 0 Å². The summed E-state index contributed by atoms with van der Waals surface area (Å²) in [6, 6.07) is 10.2. The fraction of sp³-hybridized carbons (Fsp3) is 0.600. The van der Waals surface area contributed by atoms with Crippen LogP contribution in [0.4, 0.5) is 0 Å². The Kier molecular flexibility index (Phi) is 4.57. The van der Waals surface area contributed by atoms with Crippen LogP contribution in [0.3, 0.4) is 0 Å². The Labute approximate surface area is 104 Å². The van der Waals surface area contributed by atoms with Crippen LogP contribution in [0.1, 0.15) is 44.3 Å². The molecule has 94 valence electrons. The largest absolute Gasteiger partial charge is 0.393 e. The average Bonchev–Trinajstić information content (AvgIpc) is 2.29. The summed E-state index contributed by atoms with van der Waals surface area (Å²) in [5.41, 5.74) is 1.19. The van der Waals surface area contributed by atoms with Crippen molar-refractivity contribution >= 4 is 0 Å². The van der Waals surface area contributed by atoms with Crippen molar-refractivity contribution in [2.24, 2.45) is 5.92 Å². The predicted molar refractivity (Wildman–Crippen MR) is 68.8 cm³/mol. The maximum Gasteiger partial charge on any atom is 0.0900 e. The molecule has 1 aliphatic rings. The third-order valence-electron chi connectivity index (χ3n) is 3.58. The molecule has 3 atom stereocenters. The molecule has 0 amide bonds. The van der Waals surface area contributed by atoms with Gasteiger partial charge in [-0.2, -0.15) is 0 Å². The molecule has 2 heteroatoms. The van der Waals surface area contributed by atoms with Crippen LogP contribution in [0.25, 0.3) is 0 Å². The van der Waals surface area contributed by atoms with Crippen molar-refractivity contribution in [3.8, 4) is 0 Å². The van der Waals surface area contributed by atoms with E-state index in [2.05, 4.69) is 19.1 Å². The molecule has 1 heterocycles. The Bertz CT molecular complexity index is 323. The van der Waals surface area contributed by atoms with Gasteiger partial charge in [-0.1, -0.05) is 56.5 Å². The van der Waals surface area contributed by atoms with Gasteiger partial charge in [-0.05, 0) is 12.0 Å². The first-order chi connectivity index (χ1) is 8.33. The Balaban J connectivity index is 1.86. The van der Waals surface area contributed by atoms with E-state index in [1.165, 1.54) is 18.4 Å². The zero-order valence-electron chi connectivity index (χ0n) is 10.5. The highest BCUT2D eigenvalue weighted by atomic mass is 16.5. The second kappa shape index (κ2) is 6.18. The van der Waals surface area contributed by atoms with Gasteiger partial charge in [0.25, 0.3) is 0 Å². The van der Waals surface area contributed by atoms with Gasteiger partial charge < -0.3 is 9.84 Å². The fourth-order valence-electron chi connectivity index (χ4n) is 2.42. The van der Waals surface area contributed by atoms with E-state index in [-0.39, 0.29) is 18.1 Å². The van der Waals surface area contributed by atoms with Crippen molar-refractivity contribution in [1.82, 2.24) is 0 Å². The molecule has 17 heavy (non-hydrogen) atoms. The maximum atomic E-state index is 10.1. The van der Waals surface area contributed by atoms with Crippen molar-refractivity contribution in [3.05, 3.63) is 35.9 Å². The number of benzene rings is 1. The Morgan fingerprint density at radius 2 is 2.06 bits per heavy atom. The molecule has 0 aliphatic carbocycles. The van der Waals surface area contributed by atoms with Crippen LogP contribution in [0.15, 0.2) is 30.3 Å². The van der Waals surface area contributed by atoms with Gasteiger partial charge in [0.1, 0.15) is 0 Å². The molecule has 0 saturated carbocycles. The van der Waals surface area contributed by atoms with E-state index >= 15 is 0 Å². The quantitative estimate of drug-likeness (QED) is 0.765. The average molecular weight is 234 g/mol. The van der Waals surface area contributed by atoms with Crippen molar-refractivity contribution in [2.75, 3.05) is 6.61 Å². The molecule has 1 aromatic rings. The smallest absolute Gasteiger partial charge is 0.0900 e. The zero-order valence-corrected chi connectivity index (χ0v) is 10.5. The number of aliphatic hydroxyl groups excluding tert-OH is 1. The molecular weight excluding hydrogens is 212 g/mol. The summed E-state index contributed by atoms with van der Waals surface area (Å²) in [5.74, 6) is 0.286. The number of hydrogen-bond acceptors (Lipinski definition) is 2. The molecule has 1 aliphatic heterocycles. The monoisotopic (exact) mass is 234 g/mol. The van der Waals surface area contributed by atoms with Crippen LogP contribution < -0.4 is 0 Å². The summed E-state index contributed by atoms with van der Waals surface area (Å²) in [7, 11) is 0. The van der Waals surface area contributed by atoms with Gasteiger partial charge in [0.2, 0.25) is 0 Å². The molecule has 0 spiro atoms. The van der Waals surface area contributed by atoms with E-state index in [0.717, 1.165) is 12.8 Å². The topological polar surface area (TPSA) is 29.5 Å². The molecular formula is C15H22O2. The molecule has 1 saturated heterocycles. The summed E-state index contributed by atoms with van der Waals surface area (Å²) in [6.45, 7) is 2.89. The lowest BCUT2D eigenvalue weighted by Crippen LogP contribution is -2.40. The number of aliphatic hydroxyl groups is 1. The SMILES string of the molecule is CCCCC[C@H](O)[C@H]1CO[C@@H]1c1ccccc1. The Morgan fingerprint density at radius 3 is 2.65 bits per heavy atom. The van der Waals surface area contributed by atoms with Crippen molar-refractivity contribution in [1.29, 1.82) is 0 Å². The van der Waals surface area contributed by atoms with E-state index < -0.39 is 0 Å². The van der Waals surface area contributed by atoms with Crippen LogP contribution in [0.5, 0.6) is 0 Å². The number of unbranched alkanes of at least 4 members (excludes halogenated alkanes) is 2. The minimum Gasteiger partial charge on any atom is -0.393 e. The molecule has 2 rings (SSSR count). The molecule has 1 N–H and O–H groups in total. The first-order valence-electron chi connectivity index (χ1n) is 6.67. The maximum absolute atomic E-state index is 10.1. The molecule has 0 unspecified atom stereocenters. The summed E-state index contributed by atoms with van der Waals surface area (Å²) in [5, 5.41) is 10.1. The third kappa shape index (κ3) is 3.08. The lowest BCUT2D eigenvalue weighted by Gasteiger charge is -2.40. The van der Waals surface area contributed by atoms with Crippen LogP contribution in [0.2, 0.25) is 0 Å². The van der Waals surface area contributed by atoms with Crippen LogP contribution in [-0.4, -0.2) is 17.8 Å². The van der Waals surface area contributed by atoms with Gasteiger partial charge in [-0.25, -0.2) is 0 Å². The third-order valence-corrected chi connectivity index (χ3v) is 3.58. The highest BCUT2D eigenvalue weighted by Crippen LogP contribution is 2.38. The lowest BCUT2D eigenvalue weighted by molar-refractivity contribution is -0.162. The summed E-state index contributed by atoms with van der Waals surface area (Å²) < 4.78 is 5.60. The predicted octanol–water partition coefficient (Wildman–Crippen LogP) is 3.32. The van der Waals surface area contributed by atoms with Gasteiger partial charge in [0, 0.05) is 5.92 Å². The first kappa shape index (κ1) is 12.6. The molecule has 0 radical (unpaired) electrons. The van der Waals surface area contributed by atoms with Gasteiger partial charge in [-0.15, -0.1) is 0 Å². The standard InChI is InChI=1S/C15H22O2/c1-2-3-5-10-14(16)13-11-17-15(13)12-8-6-4-7-9-12/h4,6-9,13-16H,2-3,5,10-11H2,1H3/t13-,14+,15-/m1/s1. The highest BCUT2D eigenvalue weighted by Gasteiger charge is 2.38. The Morgan fingerprint density at radius 1 is 1.29 bits per heavy atom. The van der Waals surface area contributed by atoms with E-state index in [4.69, 9.17) is 4.74 Å². The second-order valence-corrected chi connectivity index (χ2v) is 4.89. The Hall–Kier alpha value is -0.860. The van der Waals surface area contributed by atoms with Crippen LogP contribution in [0, 0.1) is 5.92 Å². The van der Waals surface area contributed by atoms with E-state index in [0.29, 0.717) is 6.61 Å².